The third-order valence-corrected chi connectivity index (χ3v) is 15.3. The van der Waals surface area contributed by atoms with E-state index in [2.05, 4.69) is 26.6 Å². The van der Waals surface area contributed by atoms with Gasteiger partial charge < -0.3 is 41.0 Å². The molecule has 410 valence electrons. The number of thioether (sulfide) groups is 1. The smallest absolute Gasteiger partial charge is 0.387 e. The normalized spacial score (nSPS) is 17.4. The average molecular weight is 1090 g/mol. The van der Waals surface area contributed by atoms with Crippen molar-refractivity contribution in [2.45, 2.75) is 102 Å². The summed E-state index contributed by atoms with van der Waals surface area (Å²) in [4.78, 5) is 134. The third kappa shape index (κ3) is 12.4. The molecule has 2 aromatic carbocycles. The maximum atomic E-state index is 15.4. The number of aromatic nitrogens is 2. The zero-order valence-electron chi connectivity index (χ0n) is 43.5. The second kappa shape index (κ2) is 24.6. The number of hydrogen-bond acceptors (Lipinski definition) is 14. The predicted molar refractivity (Wildman–Crippen MR) is 283 cm³/mol. The van der Waals surface area contributed by atoms with Crippen LogP contribution in [0.5, 0.6) is 0 Å². The molecule has 1 aliphatic carbocycles. The van der Waals surface area contributed by atoms with Gasteiger partial charge in [-0.05, 0) is 67.3 Å². The maximum absolute atomic E-state index is 15.4. The van der Waals surface area contributed by atoms with E-state index >= 15 is 4.39 Å². The van der Waals surface area contributed by atoms with Gasteiger partial charge in [0.05, 0.1) is 66.9 Å². The summed E-state index contributed by atoms with van der Waals surface area (Å²) in [6.45, 7) is 2.15. The van der Waals surface area contributed by atoms with E-state index in [4.69, 9.17) is 9.72 Å². The molecule has 4 aromatic rings. The first-order chi connectivity index (χ1) is 37.4. The fourth-order valence-electron chi connectivity index (χ4n) is 10.2. The Kier molecular flexibility index (Phi) is 17.8. The van der Waals surface area contributed by atoms with Crippen molar-refractivity contribution in [1.82, 2.24) is 41.0 Å². The molecule has 6 N–H and O–H groups in total. The monoisotopic (exact) mass is 1090 g/mol. The van der Waals surface area contributed by atoms with E-state index in [1.807, 2.05) is 6.21 Å². The van der Waals surface area contributed by atoms with Gasteiger partial charge >= 0.3 is 11.9 Å². The Balaban J connectivity index is 0.798. The Morgan fingerprint density at radius 2 is 1.60 bits per heavy atom. The third-order valence-electron chi connectivity index (χ3n) is 14.5. The van der Waals surface area contributed by atoms with Crippen LogP contribution in [0.15, 0.2) is 59.4 Å². The summed E-state index contributed by atoms with van der Waals surface area (Å²) < 4.78 is 23.7. The number of aryl methyl sites for hydroxylation is 1. The molecule has 8 rings (SSSR count). The van der Waals surface area contributed by atoms with Gasteiger partial charge in [-0.25, -0.2) is 19.0 Å². The number of ether oxygens (including phenoxy) is 1. The van der Waals surface area contributed by atoms with E-state index in [9.17, 15) is 53.1 Å². The highest BCUT2D eigenvalue weighted by atomic mass is 32.2. The topological polar surface area (TPSA) is 284 Å². The van der Waals surface area contributed by atoms with Gasteiger partial charge in [0, 0.05) is 59.9 Å². The molecule has 0 radical (unpaired) electrons. The Bertz CT molecular complexity index is 3230. The lowest BCUT2D eigenvalue weighted by molar-refractivity contribution is -0.415. The van der Waals surface area contributed by atoms with Gasteiger partial charge in [-0.15, -0.1) is 11.8 Å². The number of aliphatic hydroxyl groups is 1. The van der Waals surface area contributed by atoms with Crippen molar-refractivity contribution in [2.24, 2.45) is 0 Å². The van der Waals surface area contributed by atoms with E-state index in [0.717, 1.165) is 32.5 Å². The standard InChI is InChI=1S/C55H60FN9O12S/c1-4-55(76)37-22-41-51-35(28-65(41)53(74)36(37)29-77-54(55)75)49-33(14-15-34-31(2)38(56)23-39(62-51)50(34)49)27-63(3)46(70)18-20-78-30-60-44(68)25-59-52(73)40(21-32-11-7-5-8-12-32)61-45(69)26-58-43(67)24-57-42(66)13-9-6-10-19-64-47(71)16-17-48(64)72/h5,7-8,11-12,16-17,22-23,27,33,40,76H,4,6,9-10,13-15,18-21,24-26,28-30H2,1-3H3,(H4-,57,58,59,60,61,66,67,68,69,73)/p+1/b63-27+/t33?,40-,55-/m0/s1. The van der Waals surface area contributed by atoms with Gasteiger partial charge in [-0.2, -0.15) is 4.58 Å². The molecule has 23 heteroatoms. The van der Waals surface area contributed by atoms with E-state index in [1.54, 1.807) is 57.3 Å². The molecule has 2 aromatic heterocycles. The summed E-state index contributed by atoms with van der Waals surface area (Å²) in [6, 6.07) is 10.7. The van der Waals surface area contributed by atoms with Crippen molar-refractivity contribution in [3.63, 3.8) is 0 Å². The predicted octanol–water partition coefficient (Wildman–Crippen LogP) is 1.56. The van der Waals surface area contributed by atoms with Crippen LogP contribution >= 0.6 is 11.8 Å². The van der Waals surface area contributed by atoms with Crippen LogP contribution < -0.4 is 32.1 Å². The molecular formula is C55H61FN9O12S+. The molecule has 0 fully saturated rings. The molecule has 3 atom stereocenters. The number of benzene rings is 2. The Labute approximate surface area is 451 Å². The Hall–Kier alpha value is -7.92. The van der Waals surface area contributed by atoms with Crippen molar-refractivity contribution in [2.75, 3.05) is 44.9 Å². The fraction of sp³-hybridized carbons (Fsp3) is 0.418. The molecular weight excluding hydrogens is 1030 g/mol. The van der Waals surface area contributed by atoms with Crippen molar-refractivity contribution in [1.29, 1.82) is 0 Å². The molecule has 4 aliphatic rings. The Morgan fingerprint density at radius 1 is 0.897 bits per heavy atom. The highest BCUT2D eigenvalue weighted by Gasteiger charge is 2.46. The zero-order chi connectivity index (χ0) is 55.8. The van der Waals surface area contributed by atoms with E-state index in [1.165, 1.54) is 39.1 Å². The van der Waals surface area contributed by atoms with Crippen molar-refractivity contribution < 1.29 is 62.0 Å². The highest BCUT2D eigenvalue weighted by Crippen LogP contribution is 2.46. The van der Waals surface area contributed by atoms with Gasteiger partial charge in [0.15, 0.2) is 11.8 Å². The van der Waals surface area contributed by atoms with Crippen LogP contribution in [-0.4, -0.2) is 134 Å². The first-order valence-corrected chi connectivity index (χ1v) is 27.0. The summed E-state index contributed by atoms with van der Waals surface area (Å²) >= 11 is 1.29. The number of hydrogen-bond donors (Lipinski definition) is 6. The second-order valence-corrected chi connectivity index (χ2v) is 20.7. The second-order valence-electron chi connectivity index (χ2n) is 19.6. The summed E-state index contributed by atoms with van der Waals surface area (Å²) in [6.07, 6.45) is 7.17. The molecule has 3 aliphatic heterocycles. The number of halogens is 1. The lowest BCUT2D eigenvalue weighted by atomic mass is 9.78. The van der Waals surface area contributed by atoms with E-state index < -0.39 is 65.7 Å². The molecule has 1 unspecified atom stereocenters. The number of fused-ring (bicyclic) bond motifs is 5. The van der Waals surface area contributed by atoms with Crippen LogP contribution in [0.2, 0.25) is 0 Å². The van der Waals surface area contributed by atoms with E-state index in [0.29, 0.717) is 60.3 Å². The van der Waals surface area contributed by atoms with Gasteiger partial charge in [-0.1, -0.05) is 43.7 Å². The number of rotatable bonds is 23. The van der Waals surface area contributed by atoms with Crippen LogP contribution in [0.4, 0.5) is 4.39 Å². The van der Waals surface area contributed by atoms with Crippen LogP contribution in [0.25, 0.3) is 22.3 Å². The number of amides is 8. The number of esters is 1. The summed E-state index contributed by atoms with van der Waals surface area (Å²) in [7, 11) is 1.66. The molecule has 21 nitrogen and oxygen atoms in total. The summed E-state index contributed by atoms with van der Waals surface area (Å²) in [5.41, 5.74) is 2.71. The molecule has 8 amide bonds. The molecule has 0 bridgehead atoms. The molecule has 0 saturated carbocycles. The zero-order valence-corrected chi connectivity index (χ0v) is 44.3. The number of imide groups is 1. The lowest BCUT2D eigenvalue weighted by Crippen LogP contribution is -2.52. The van der Waals surface area contributed by atoms with Gasteiger partial charge in [0.1, 0.15) is 25.5 Å². The molecule has 0 spiro atoms. The van der Waals surface area contributed by atoms with Crippen LogP contribution in [0, 0.1) is 12.7 Å². The quantitative estimate of drug-likeness (QED) is 0.0135. The largest absolute Gasteiger partial charge is 0.458 e. The van der Waals surface area contributed by atoms with Gasteiger partial charge in [-0.3, -0.25) is 43.3 Å². The van der Waals surface area contributed by atoms with Crippen molar-refractivity contribution >= 4 is 82.1 Å². The van der Waals surface area contributed by atoms with Crippen molar-refractivity contribution in [3.8, 4) is 11.4 Å². The maximum Gasteiger partial charge on any atom is 0.387 e. The average Bonchev–Trinajstić information content (AvgIpc) is 4.18. The van der Waals surface area contributed by atoms with Gasteiger partial charge in [0.25, 0.3) is 17.4 Å². The number of carbonyl (C=O) groups excluding carboxylic acids is 9. The van der Waals surface area contributed by atoms with Crippen LogP contribution in [0.3, 0.4) is 0 Å². The number of cyclic esters (lactones) is 1. The fourth-order valence-corrected chi connectivity index (χ4v) is 10.9. The molecule has 5 heterocycles. The van der Waals surface area contributed by atoms with Crippen LogP contribution in [-0.2, 0) is 79.5 Å². The minimum Gasteiger partial charge on any atom is -0.458 e. The number of pyridine rings is 2. The first-order valence-electron chi connectivity index (χ1n) is 25.8. The number of nitrogens with zero attached hydrogens (tertiary/aromatic N) is 4. The highest BCUT2D eigenvalue weighted by molar-refractivity contribution is 7.99. The van der Waals surface area contributed by atoms with Crippen LogP contribution in [0.1, 0.15) is 96.7 Å². The Morgan fingerprint density at radius 3 is 2.35 bits per heavy atom. The number of carbonyl (C=O) groups is 9. The van der Waals surface area contributed by atoms with Gasteiger partial charge in [0.2, 0.25) is 29.5 Å². The minimum absolute atomic E-state index is 0.0226. The summed E-state index contributed by atoms with van der Waals surface area (Å²) in [5.74, 6) is -4.94. The minimum atomic E-state index is -2.02. The number of unbranched alkanes of at least 4 members (excludes halogenated alkanes) is 2. The number of nitrogens with one attached hydrogen (secondary N) is 5. The lowest BCUT2D eigenvalue weighted by Gasteiger charge is -2.31. The van der Waals surface area contributed by atoms with E-state index in [-0.39, 0.29) is 98.5 Å². The first kappa shape index (κ1) is 56.3. The van der Waals surface area contributed by atoms with Crippen molar-refractivity contribution in [3.05, 3.63) is 110 Å². The molecule has 0 saturated heterocycles. The molecule has 78 heavy (non-hydrogen) atoms. The SMILES string of the molecule is CC[C@@]1(O)C(=O)OCc2c1cc1n(c2=O)Cc2c-1nc1cc(F)c(C)c3c1c2C(/C=[N+](\C)C(=O)CCSCNC(=O)CNC(=O)[C@H](Cc1ccccc1)NC(=O)CNC(=O)CNC(=O)CCCCCN1C(=O)C=CC1=O)CC3. The summed E-state index contributed by atoms with van der Waals surface area (Å²) in [5, 5.41) is 24.9.